The van der Waals surface area contributed by atoms with E-state index in [0.29, 0.717) is 6.42 Å². The van der Waals surface area contributed by atoms with Gasteiger partial charge in [0, 0.05) is 12.4 Å². The van der Waals surface area contributed by atoms with Crippen LogP contribution in [0.25, 0.3) is 0 Å². The number of carboxylic acid groups (broad SMARTS) is 1. The zero-order valence-corrected chi connectivity index (χ0v) is 8.00. The van der Waals surface area contributed by atoms with Gasteiger partial charge in [-0.05, 0) is 27.4 Å². The fraction of sp³-hybridized carbons (Fsp3) is 0.250. The second-order valence-corrected chi connectivity index (χ2v) is 3.56. The molecule has 2 heterocycles. The van der Waals surface area contributed by atoms with Gasteiger partial charge in [0.25, 0.3) is 0 Å². The molecular formula is C8H9N2O2P. The van der Waals surface area contributed by atoms with Crippen LogP contribution in [-0.2, 0) is 11.2 Å². The van der Waals surface area contributed by atoms with Crippen molar-refractivity contribution < 1.29 is 9.90 Å². The van der Waals surface area contributed by atoms with Gasteiger partial charge in [-0.1, -0.05) is 0 Å². The van der Waals surface area contributed by atoms with Crippen LogP contribution in [0.15, 0.2) is 17.3 Å². The summed E-state index contributed by atoms with van der Waals surface area (Å²) in [6.45, 7) is 0. The van der Waals surface area contributed by atoms with Crippen molar-refractivity contribution in [1.29, 1.82) is 0 Å². The van der Waals surface area contributed by atoms with Crippen LogP contribution >= 0.6 is 9.39 Å². The Kier molecular flexibility index (Phi) is 1.93. The molecule has 0 amide bonds. The Morgan fingerprint density at radius 2 is 2.54 bits per heavy atom. The minimum absolute atomic E-state index is 0.472. The first kappa shape index (κ1) is 8.45. The average molecular weight is 196 g/mol. The molecule has 2 rings (SSSR count). The molecule has 5 heteroatoms. The Labute approximate surface area is 77.5 Å². The van der Waals surface area contributed by atoms with Crippen molar-refractivity contribution in [1.82, 2.24) is 4.34 Å². The molecule has 0 bridgehead atoms. The van der Waals surface area contributed by atoms with E-state index in [1.807, 2.05) is 16.6 Å². The zero-order valence-electron chi connectivity index (χ0n) is 6.84. The van der Waals surface area contributed by atoms with Crippen molar-refractivity contribution in [3.8, 4) is 0 Å². The van der Waals surface area contributed by atoms with Crippen LogP contribution in [0.5, 0.6) is 0 Å². The summed E-state index contributed by atoms with van der Waals surface area (Å²) < 4.78 is 1.81. The fourth-order valence-electron chi connectivity index (χ4n) is 1.39. The van der Waals surface area contributed by atoms with Crippen molar-refractivity contribution in [3.05, 3.63) is 17.8 Å². The van der Waals surface area contributed by atoms with Crippen LogP contribution in [0.1, 0.15) is 5.56 Å². The number of aliphatic imine (C=N–C) groups is 1. The summed E-state index contributed by atoms with van der Waals surface area (Å²) >= 11 is 0. The van der Waals surface area contributed by atoms with E-state index in [0.717, 1.165) is 11.4 Å². The Balaban J connectivity index is 2.35. The molecule has 0 aliphatic carbocycles. The van der Waals surface area contributed by atoms with Crippen LogP contribution in [0, 0.1) is 5.92 Å². The van der Waals surface area contributed by atoms with E-state index in [1.54, 1.807) is 0 Å². The number of aliphatic carboxylic acids is 1. The molecule has 0 aromatic carbocycles. The van der Waals surface area contributed by atoms with Crippen molar-refractivity contribution in [2.75, 3.05) is 0 Å². The summed E-state index contributed by atoms with van der Waals surface area (Å²) in [5.41, 5.74) is 0.991. The maximum absolute atomic E-state index is 10.7. The summed E-state index contributed by atoms with van der Waals surface area (Å²) in [6.07, 6.45) is 3.89. The molecule has 13 heavy (non-hydrogen) atoms. The maximum Gasteiger partial charge on any atom is 0.312 e. The number of nitrogens with zero attached hydrogens (tertiary/aromatic N) is 2. The van der Waals surface area contributed by atoms with E-state index in [-0.39, 0.29) is 0 Å². The molecule has 0 saturated heterocycles. The van der Waals surface area contributed by atoms with E-state index >= 15 is 0 Å². The third kappa shape index (κ3) is 1.38. The Hall–Kier alpha value is -1.15. The molecular weight excluding hydrogens is 187 g/mol. The van der Waals surface area contributed by atoms with Gasteiger partial charge in [0.15, 0.2) is 0 Å². The third-order valence-electron chi connectivity index (χ3n) is 2.10. The number of rotatable bonds is 1. The number of fused-ring (bicyclic) bond motifs is 1. The molecule has 1 N–H and O–H groups in total. The van der Waals surface area contributed by atoms with Gasteiger partial charge in [-0.3, -0.25) is 4.79 Å². The second kappa shape index (κ2) is 2.96. The van der Waals surface area contributed by atoms with Gasteiger partial charge >= 0.3 is 5.97 Å². The second-order valence-electron chi connectivity index (χ2n) is 3.00. The molecule has 0 spiro atoms. The summed E-state index contributed by atoms with van der Waals surface area (Å²) in [7, 11) is 2.51. The summed E-state index contributed by atoms with van der Waals surface area (Å²) in [5.74, 6) is -0.451. The fourth-order valence-corrected chi connectivity index (χ4v) is 1.71. The largest absolute Gasteiger partial charge is 0.481 e. The third-order valence-corrected chi connectivity index (χ3v) is 2.52. The van der Waals surface area contributed by atoms with E-state index in [2.05, 4.69) is 14.4 Å². The van der Waals surface area contributed by atoms with E-state index in [1.165, 1.54) is 6.21 Å². The predicted molar refractivity (Wildman–Crippen MR) is 52.5 cm³/mol. The minimum atomic E-state index is -0.814. The highest BCUT2D eigenvalue weighted by atomic mass is 31.0. The molecule has 0 radical (unpaired) electrons. The molecule has 1 aromatic heterocycles. The lowest BCUT2D eigenvalue weighted by Crippen LogP contribution is -2.19. The molecule has 4 nitrogen and oxygen atoms in total. The first-order valence-electron chi connectivity index (χ1n) is 3.91. The number of aromatic nitrogens is 1. The molecule has 0 fully saturated rings. The van der Waals surface area contributed by atoms with Gasteiger partial charge in [0.05, 0.1) is 5.92 Å². The molecule has 2 atom stereocenters. The van der Waals surface area contributed by atoms with Gasteiger partial charge in [-0.15, -0.1) is 0 Å². The Morgan fingerprint density at radius 3 is 3.23 bits per heavy atom. The van der Waals surface area contributed by atoms with Crippen molar-refractivity contribution >= 4 is 27.4 Å². The normalized spacial score (nSPS) is 19.9. The SMILES string of the molecule is O=C(O)C1C=Nc2c(ccn2P)C1. The lowest BCUT2D eigenvalue weighted by molar-refractivity contribution is -0.139. The summed E-state index contributed by atoms with van der Waals surface area (Å²) in [4.78, 5) is 14.8. The topological polar surface area (TPSA) is 54.6 Å². The zero-order chi connectivity index (χ0) is 9.42. The monoisotopic (exact) mass is 196 g/mol. The standard InChI is InChI=1S/C8H9N2O2P/c11-8(12)6-3-5-1-2-10(13)7(5)9-4-6/h1-2,4,6H,3,13H2,(H,11,12). The summed E-state index contributed by atoms with van der Waals surface area (Å²) in [5, 5.41) is 8.77. The first-order chi connectivity index (χ1) is 6.18. The highest BCUT2D eigenvalue weighted by Crippen LogP contribution is 2.28. The lowest BCUT2D eigenvalue weighted by atomic mass is 10.0. The van der Waals surface area contributed by atoms with Crippen LogP contribution < -0.4 is 0 Å². The van der Waals surface area contributed by atoms with Gasteiger partial charge in [0.2, 0.25) is 0 Å². The molecule has 1 aliphatic rings. The smallest absolute Gasteiger partial charge is 0.312 e. The quantitative estimate of drug-likeness (QED) is 0.683. The number of hydrogen-bond donors (Lipinski definition) is 1. The van der Waals surface area contributed by atoms with Gasteiger partial charge in [0.1, 0.15) is 5.82 Å². The molecule has 68 valence electrons. The Bertz CT molecular complexity index is 383. The molecule has 0 saturated carbocycles. The molecule has 1 aliphatic heterocycles. The van der Waals surface area contributed by atoms with Crippen LogP contribution in [-0.4, -0.2) is 21.6 Å². The van der Waals surface area contributed by atoms with Gasteiger partial charge < -0.3 is 9.44 Å². The van der Waals surface area contributed by atoms with Crippen molar-refractivity contribution in [2.45, 2.75) is 6.42 Å². The van der Waals surface area contributed by atoms with Gasteiger partial charge in [-0.2, -0.15) is 0 Å². The van der Waals surface area contributed by atoms with E-state index in [4.69, 9.17) is 5.11 Å². The number of carboxylic acids is 1. The van der Waals surface area contributed by atoms with Crippen molar-refractivity contribution in [2.24, 2.45) is 10.9 Å². The average Bonchev–Trinajstić information content (AvgIpc) is 2.47. The minimum Gasteiger partial charge on any atom is -0.481 e. The molecule has 1 aromatic rings. The molecule has 2 unspecified atom stereocenters. The first-order valence-corrected chi connectivity index (χ1v) is 4.42. The highest BCUT2D eigenvalue weighted by molar-refractivity contribution is 7.14. The van der Waals surface area contributed by atoms with E-state index < -0.39 is 11.9 Å². The summed E-state index contributed by atoms with van der Waals surface area (Å²) in [6, 6.07) is 1.90. The number of carbonyl (C=O) groups is 1. The Morgan fingerprint density at radius 1 is 1.77 bits per heavy atom. The highest BCUT2D eigenvalue weighted by Gasteiger charge is 2.22. The predicted octanol–water partition coefficient (Wildman–Crippen LogP) is 1.09. The van der Waals surface area contributed by atoms with Gasteiger partial charge in [-0.25, -0.2) is 4.99 Å². The number of hydrogen-bond acceptors (Lipinski definition) is 2. The van der Waals surface area contributed by atoms with Crippen LogP contribution in [0.4, 0.5) is 5.82 Å². The van der Waals surface area contributed by atoms with Crippen molar-refractivity contribution in [3.63, 3.8) is 0 Å². The lowest BCUT2D eigenvalue weighted by Gasteiger charge is -2.12. The van der Waals surface area contributed by atoms with Crippen LogP contribution in [0.2, 0.25) is 0 Å². The maximum atomic E-state index is 10.7. The van der Waals surface area contributed by atoms with E-state index in [9.17, 15) is 4.79 Å². The van der Waals surface area contributed by atoms with Crippen LogP contribution in [0.3, 0.4) is 0 Å².